The third kappa shape index (κ3) is 4.61. The molecule has 1 saturated heterocycles. The van der Waals surface area contributed by atoms with Crippen LogP contribution in [0.25, 0.3) is 0 Å². The Hall–Kier alpha value is -1.75. The largest absolute Gasteiger partial charge is 0.399 e. The molecule has 5 nitrogen and oxygen atoms in total. The van der Waals surface area contributed by atoms with Crippen molar-refractivity contribution in [1.82, 2.24) is 9.80 Å². The molecule has 1 aromatic carbocycles. The molecule has 1 atom stereocenters. The molecule has 0 aliphatic carbocycles. The topological polar surface area (TPSA) is 66.6 Å². The molecule has 0 spiro atoms. The van der Waals surface area contributed by atoms with Crippen LogP contribution in [0.15, 0.2) is 24.3 Å². The molecule has 1 unspecified atom stereocenters. The van der Waals surface area contributed by atoms with Crippen LogP contribution in [0.5, 0.6) is 0 Å². The summed E-state index contributed by atoms with van der Waals surface area (Å²) in [6.07, 6.45) is 1.98. The van der Waals surface area contributed by atoms with Crippen LogP contribution in [-0.2, 0) is 16.0 Å². The van der Waals surface area contributed by atoms with Crippen molar-refractivity contribution in [3.63, 3.8) is 0 Å². The average Bonchev–Trinajstić information content (AvgIpc) is 3.00. The molecule has 2 N–H and O–H groups in total. The normalized spacial score (nSPS) is 16.8. The summed E-state index contributed by atoms with van der Waals surface area (Å²) < 4.78 is 0. The number of carbonyl (C=O) groups is 2. The zero-order valence-electron chi connectivity index (χ0n) is 13.8. The molecule has 2 amide bonds. The van der Waals surface area contributed by atoms with E-state index in [-0.39, 0.29) is 30.3 Å². The minimum Gasteiger partial charge on any atom is -0.399 e. The van der Waals surface area contributed by atoms with E-state index in [2.05, 4.69) is 0 Å². The number of rotatable bonds is 5. The maximum absolute atomic E-state index is 12.5. The van der Waals surface area contributed by atoms with E-state index < -0.39 is 0 Å². The van der Waals surface area contributed by atoms with Gasteiger partial charge in [-0.1, -0.05) is 12.1 Å². The number of halogens is 1. The second-order valence-corrected chi connectivity index (χ2v) is 5.67. The van der Waals surface area contributed by atoms with Gasteiger partial charge in [-0.25, -0.2) is 0 Å². The Morgan fingerprint density at radius 2 is 1.83 bits per heavy atom. The summed E-state index contributed by atoms with van der Waals surface area (Å²) in [4.78, 5) is 28.6. The predicted octanol–water partition coefficient (Wildman–Crippen LogP) is 2.09. The fourth-order valence-corrected chi connectivity index (χ4v) is 2.98. The molecule has 0 aromatic heterocycles. The highest BCUT2D eigenvalue weighted by molar-refractivity contribution is 5.89. The monoisotopic (exact) mass is 339 g/mol. The molecule has 1 heterocycles. The summed E-state index contributed by atoms with van der Waals surface area (Å²) in [5.41, 5.74) is 7.28. The van der Waals surface area contributed by atoms with Gasteiger partial charge < -0.3 is 15.5 Å². The number of nitrogens with two attached hydrogens (primary N) is 1. The van der Waals surface area contributed by atoms with Crippen LogP contribution < -0.4 is 5.73 Å². The average molecular weight is 340 g/mol. The molecule has 0 bridgehead atoms. The van der Waals surface area contributed by atoms with E-state index in [1.54, 1.807) is 21.9 Å². The van der Waals surface area contributed by atoms with E-state index in [0.29, 0.717) is 31.7 Å². The fraction of sp³-hybridized carbons (Fsp3) is 0.529. The lowest BCUT2D eigenvalue weighted by atomic mass is 10.1. The van der Waals surface area contributed by atoms with Crippen molar-refractivity contribution >= 4 is 29.9 Å². The molecule has 1 fully saturated rings. The number of amides is 2. The molecule has 1 aromatic rings. The predicted molar refractivity (Wildman–Crippen MR) is 94.5 cm³/mol. The number of hydrogen-bond donors (Lipinski definition) is 1. The first kappa shape index (κ1) is 19.3. The quantitative estimate of drug-likeness (QED) is 0.835. The molecule has 0 radical (unpaired) electrons. The van der Waals surface area contributed by atoms with Crippen molar-refractivity contribution in [2.45, 2.75) is 39.2 Å². The number of likely N-dealkylation sites (N-methyl/N-ethyl adjacent to an activating group) is 1. The summed E-state index contributed by atoms with van der Waals surface area (Å²) in [5.74, 6) is 0.0981. The highest BCUT2D eigenvalue weighted by Crippen LogP contribution is 2.21. The van der Waals surface area contributed by atoms with Crippen LogP contribution >= 0.6 is 12.4 Å². The molecule has 23 heavy (non-hydrogen) atoms. The molecular formula is C17H26ClN3O2. The van der Waals surface area contributed by atoms with Gasteiger partial charge in [0, 0.05) is 25.3 Å². The summed E-state index contributed by atoms with van der Waals surface area (Å²) in [5, 5.41) is 0. The lowest BCUT2D eigenvalue weighted by molar-refractivity contribution is -0.143. The molecule has 2 rings (SSSR count). The van der Waals surface area contributed by atoms with E-state index >= 15 is 0 Å². The first-order chi connectivity index (χ1) is 10.6. The first-order valence-electron chi connectivity index (χ1n) is 7.99. The summed E-state index contributed by atoms with van der Waals surface area (Å²) >= 11 is 0. The van der Waals surface area contributed by atoms with Crippen LogP contribution in [0.4, 0.5) is 5.69 Å². The van der Waals surface area contributed by atoms with Crippen molar-refractivity contribution in [3.8, 4) is 0 Å². The van der Waals surface area contributed by atoms with Crippen molar-refractivity contribution < 1.29 is 9.59 Å². The second kappa shape index (κ2) is 8.77. The molecule has 1 aliphatic heterocycles. The Kier molecular flexibility index (Phi) is 7.36. The van der Waals surface area contributed by atoms with E-state index in [1.165, 1.54) is 0 Å². The number of anilines is 1. The SMILES string of the molecule is CCN(CC)C(=O)C1CCCN1C(=O)Cc1ccc(N)cc1.Cl. The first-order valence-corrected chi connectivity index (χ1v) is 7.99. The minimum atomic E-state index is -0.291. The van der Waals surface area contributed by atoms with Crippen molar-refractivity contribution in [1.29, 1.82) is 0 Å². The molecule has 128 valence electrons. The fourth-order valence-electron chi connectivity index (χ4n) is 2.98. The van der Waals surface area contributed by atoms with Gasteiger partial charge in [-0.15, -0.1) is 12.4 Å². The van der Waals surface area contributed by atoms with E-state index in [0.717, 1.165) is 18.4 Å². The van der Waals surface area contributed by atoms with Gasteiger partial charge in [-0.05, 0) is 44.4 Å². The summed E-state index contributed by atoms with van der Waals surface area (Å²) in [7, 11) is 0. The number of nitrogens with zero attached hydrogens (tertiary/aromatic N) is 2. The number of likely N-dealkylation sites (tertiary alicyclic amines) is 1. The van der Waals surface area contributed by atoms with Gasteiger partial charge in [-0.3, -0.25) is 9.59 Å². The highest BCUT2D eigenvalue weighted by atomic mass is 35.5. The van der Waals surface area contributed by atoms with Crippen LogP contribution in [0.3, 0.4) is 0 Å². The zero-order chi connectivity index (χ0) is 16.1. The van der Waals surface area contributed by atoms with Gasteiger partial charge >= 0.3 is 0 Å². The third-order valence-electron chi connectivity index (χ3n) is 4.27. The van der Waals surface area contributed by atoms with Crippen LogP contribution in [0, 0.1) is 0 Å². The number of benzene rings is 1. The Balaban J connectivity index is 0.00000264. The van der Waals surface area contributed by atoms with Crippen LogP contribution in [0.1, 0.15) is 32.3 Å². The highest BCUT2D eigenvalue weighted by Gasteiger charge is 2.35. The maximum atomic E-state index is 12.5. The van der Waals surface area contributed by atoms with Gasteiger partial charge in [0.2, 0.25) is 11.8 Å². The van der Waals surface area contributed by atoms with Crippen molar-refractivity contribution in [2.24, 2.45) is 0 Å². The second-order valence-electron chi connectivity index (χ2n) is 5.67. The molecule has 6 heteroatoms. The van der Waals surface area contributed by atoms with E-state index in [4.69, 9.17) is 5.73 Å². The summed E-state index contributed by atoms with van der Waals surface area (Å²) in [6, 6.07) is 7.03. The Labute approximate surface area is 144 Å². The Morgan fingerprint density at radius 3 is 2.39 bits per heavy atom. The molecule has 1 aliphatic rings. The van der Waals surface area contributed by atoms with Gasteiger partial charge in [0.15, 0.2) is 0 Å². The third-order valence-corrected chi connectivity index (χ3v) is 4.27. The number of nitrogen functional groups attached to an aromatic ring is 1. The molecular weight excluding hydrogens is 314 g/mol. The van der Waals surface area contributed by atoms with Gasteiger partial charge in [0.1, 0.15) is 6.04 Å². The zero-order valence-corrected chi connectivity index (χ0v) is 14.6. The Morgan fingerprint density at radius 1 is 1.22 bits per heavy atom. The smallest absolute Gasteiger partial charge is 0.245 e. The lowest BCUT2D eigenvalue weighted by Crippen LogP contribution is -2.48. The number of carbonyl (C=O) groups excluding carboxylic acids is 2. The minimum absolute atomic E-state index is 0. The van der Waals surface area contributed by atoms with Crippen LogP contribution in [-0.4, -0.2) is 47.3 Å². The standard InChI is InChI=1S/C17H25N3O2.ClH/c1-3-19(4-2)17(22)15-6-5-11-20(15)16(21)12-13-7-9-14(18)10-8-13;/h7-10,15H,3-6,11-12,18H2,1-2H3;1H. The van der Waals surface area contributed by atoms with Crippen molar-refractivity contribution in [3.05, 3.63) is 29.8 Å². The Bertz CT molecular complexity index is 529. The molecule has 0 saturated carbocycles. The lowest BCUT2D eigenvalue weighted by Gasteiger charge is -2.29. The number of hydrogen-bond acceptors (Lipinski definition) is 3. The van der Waals surface area contributed by atoms with E-state index in [9.17, 15) is 9.59 Å². The summed E-state index contributed by atoms with van der Waals surface area (Å²) in [6.45, 7) is 5.98. The van der Waals surface area contributed by atoms with Crippen LogP contribution in [0.2, 0.25) is 0 Å². The van der Waals surface area contributed by atoms with E-state index in [1.807, 2.05) is 26.0 Å². The van der Waals surface area contributed by atoms with Gasteiger partial charge in [0.25, 0.3) is 0 Å². The van der Waals surface area contributed by atoms with Crippen molar-refractivity contribution in [2.75, 3.05) is 25.4 Å². The van der Waals surface area contributed by atoms with Gasteiger partial charge in [-0.2, -0.15) is 0 Å². The maximum Gasteiger partial charge on any atom is 0.245 e. The van der Waals surface area contributed by atoms with Gasteiger partial charge in [0.05, 0.1) is 6.42 Å².